The van der Waals surface area contributed by atoms with Gasteiger partial charge in [0.1, 0.15) is 6.10 Å². The van der Waals surface area contributed by atoms with Crippen molar-refractivity contribution >= 4 is 5.97 Å². The molecule has 0 aromatic heterocycles. The Morgan fingerprint density at radius 3 is 2.68 bits per heavy atom. The topological polar surface area (TPSA) is 29.5 Å². The fourth-order valence-corrected chi connectivity index (χ4v) is 6.99. The van der Waals surface area contributed by atoms with Crippen molar-refractivity contribution in [1.29, 1.82) is 0 Å². The Balaban J connectivity index is 1.49. The number of ether oxygens (including phenoxy) is 1. The smallest absolute Gasteiger partial charge is 0.309 e. The molecule has 2 saturated heterocycles. The summed E-state index contributed by atoms with van der Waals surface area (Å²) in [5.41, 5.74) is 0. The molecule has 4 fully saturated rings. The zero-order chi connectivity index (χ0) is 17.6. The van der Waals surface area contributed by atoms with Crippen LogP contribution >= 0.6 is 0 Å². The number of nitrogens with zero attached hydrogens (tertiary/aromatic N) is 1. The van der Waals surface area contributed by atoms with Crippen molar-refractivity contribution < 1.29 is 9.53 Å². The molecular weight excluding hydrogens is 310 g/mol. The number of cyclic esters (lactones) is 1. The Morgan fingerprint density at radius 2 is 1.84 bits per heavy atom. The van der Waals surface area contributed by atoms with Crippen LogP contribution in [0.4, 0.5) is 0 Å². The summed E-state index contributed by atoms with van der Waals surface area (Å²) in [6.07, 6.45) is 13.5. The number of hydrogen-bond donors (Lipinski definition) is 0. The monoisotopic (exact) mass is 347 g/mol. The maximum Gasteiger partial charge on any atom is 0.309 e. The van der Waals surface area contributed by atoms with Gasteiger partial charge in [-0.2, -0.15) is 0 Å². The van der Waals surface area contributed by atoms with Gasteiger partial charge in [0.25, 0.3) is 0 Å². The molecule has 0 spiro atoms. The molecule has 2 heterocycles. The van der Waals surface area contributed by atoms with Crippen LogP contribution in [0, 0.1) is 29.6 Å². The van der Waals surface area contributed by atoms with Gasteiger partial charge < -0.3 is 9.64 Å². The van der Waals surface area contributed by atoms with E-state index in [0.717, 1.165) is 36.3 Å². The molecule has 0 aromatic carbocycles. The van der Waals surface area contributed by atoms with E-state index in [4.69, 9.17) is 4.74 Å². The first kappa shape index (κ1) is 17.8. The van der Waals surface area contributed by atoms with Crippen molar-refractivity contribution in [1.82, 2.24) is 4.90 Å². The van der Waals surface area contributed by atoms with Gasteiger partial charge in [-0.25, -0.2) is 0 Å². The third-order valence-electron chi connectivity index (χ3n) is 8.44. The van der Waals surface area contributed by atoms with Crippen molar-refractivity contribution in [2.24, 2.45) is 29.6 Å². The average molecular weight is 348 g/mol. The predicted octanol–water partition coefficient (Wildman–Crippen LogP) is 4.64. The average Bonchev–Trinajstić information content (AvgIpc) is 2.89. The van der Waals surface area contributed by atoms with Crippen molar-refractivity contribution in [3.8, 4) is 0 Å². The quantitative estimate of drug-likeness (QED) is 0.696. The molecule has 4 rings (SSSR count). The Kier molecular flexibility index (Phi) is 5.14. The molecule has 142 valence electrons. The zero-order valence-corrected chi connectivity index (χ0v) is 16.5. The summed E-state index contributed by atoms with van der Waals surface area (Å²) in [4.78, 5) is 15.0. The molecule has 3 nitrogen and oxygen atoms in total. The van der Waals surface area contributed by atoms with Crippen LogP contribution in [-0.2, 0) is 9.53 Å². The highest BCUT2D eigenvalue weighted by atomic mass is 16.6. The normalized spacial score (nSPS) is 47.9. The second kappa shape index (κ2) is 7.21. The second-order valence-electron chi connectivity index (χ2n) is 9.61. The van der Waals surface area contributed by atoms with Gasteiger partial charge in [0, 0.05) is 18.0 Å². The number of carbonyl (C=O) groups is 1. The molecule has 2 aliphatic carbocycles. The minimum atomic E-state index is 0.120. The summed E-state index contributed by atoms with van der Waals surface area (Å²) >= 11 is 0. The molecule has 0 N–H and O–H groups in total. The molecule has 0 amide bonds. The van der Waals surface area contributed by atoms with E-state index in [1.807, 2.05) is 0 Å². The Morgan fingerprint density at radius 1 is 1.04 bits per heavy atom. The molecule has 2 aliphatic heterocycles. The Hall–Kier alpha value is -0.570. The van der Waals surface area contributed by atoms with E-state index in [-0.39, 0.29) is 18.0 Å². The number of piperidine rings is 1. The molecule has 25 heavy (non-hydrogen) atoms. The lowest BCUT2D eigenvalue weighted by Gasteiger charge is -2.48. The summed E-state index contributed by atoms with van der Waals surface area (Å²) in [6.45, 7) is 4.54. The van der Waals surface area contributed by atoms with E-state index in [0.29, 0.717) is 5.92 Å². The fourth-order valence-electron chi connectivity index (χ4n) is 6.99. The first-order chi connectivity index (χ1) is 12.1. The molecule has 0 bridgehead atoms. The maximum atomic E-state index is 12.4. The minimum Gasteiger partial charge on any atom is -0.462 e. The minimum absolute atomic E-state index is 0.120. The van der Waals surface area contributed by atoms with Gasteiger partial charge in [-0.1, -0.05) is 25.7 Å². The van der Waals surface area contributed by atoms with Gasteiger partial charge in [-0.15, -0.1) is 0 Å². The summed E-state index contributed by atoms with van der Waals surface area (Å²) < 4.78 is 5.73. The lowest BCUT2D eigenvalue weighted by atomic mass is 9.56. The van der Waals surface area contributed by atoms with Crippen LogP contribution in [0.15, 0.2) is 0 Å². The zero-order valence-electron chi connectivity index (χ0n) is 16.5. The summed E-state index contributed by atoms with van der Waals surface area (Å²) in [5.74, 6) is 3.20. The number of carbonyl (C=O) groups excluding carboxylic acids is 1. The number of fused-ring (bicyclic) bond motifs is 2. The number of hydrogen-bond acceptors (Lipinski definition) is 3. The number of likely N-dealkylation sites (tertiary alicyclic amines) is 1. The van der Waals surface area contributed by atoms with Crippen molar-refractivity contribution in [3.63, 3.8) is 0 Å². The van der Waals surface area contributed by atoms with Crippen LogP contribution in [0.25, 0.3) is 0 Å². The highest BCUT2D eigenvalue weighted by Gasteiger charge is 2.54. The molecule has 4 aliphatic rings. The van der Waals surface area contributed by atoms with Crippen LogP contribution in [0.1, 0.15) is 78.1 Å². The van der Waals surface area contributed by atoms with Crippen molar-refractivity contribution in [2.45, 2.75) is 96.2 Å². The van der Waals surface area contributed by atoms with E-state index in [9.17, 15) is 4.79 Å². The fraction of sp³-hybridized carbons (Fsp3) is 0.955. The van der Waals surface area contributed by atoms with Gasteiger partial charge in [-0.05, 0) is 77.2 Å². The van der Waals surface area contributed by atoms with E-state index in [2.05, 4.69) is 25.8 Å². The number of rotatable bonds is 3. The van der Waals surface area contributed by atoms with Gasteiger partial charge in [0.05, 0.1) is 5.92 Å². The van der Waals surface area contributed by atoms with Crippen LogP contribution in [-0.4, -0.2) is 36.1 Å². The SMILES string of the molecule is C[C@@H]1OC(=O)[C@H]2C[C@H]3CCCC[C@@H]3[C@@H](CC[C@@H]3CCC[C@@H](C)N3C)[C@@H]12. The van der Waals surface area contributed by atoms with Gasteiger partial charge in [-0.3, -0.25) is 4.79 Å². The summed E-state index contributed by atoms with van der Waals surface area (Å²) in [5, 5.41) is 0. The van der Waals surface area contributed by atoms with E-state index in [1.54, 1.807) is 0 Å². The first-order valence-electron chi connectivity index (χ1n) is 11.0. The van der Waals surface area contributed by atoms with Crippen LogP contribution < -0.4 is 0 Å². The first-order valence-corrected chi connectivity index (χ1v) is 11.0. The van der Waals surface area contributed by atoms with Gasteiger partial charge in [0.15, 0.2) is 0 Å². The molecule has 8 atom stereocenters. The highest BCUT2D eigenvalue weighted by Crippen LogP contribution is 2.54. The largest absolute Gasteiger partial charge is 0.462 e. The van der Waals surface area contributed by atoms with Crippen LogP contribution in [0.3, 0.4) is 0 Å². The van der Waals surface area contributed by atoms with Gasteiger partial charge >= 0.3 is 5.97 Å². The maximum absolute atomic E-state index is 12.4. The van der Waals surface area contributed by atoms with E-state index < -0.39 is 0 Å². The molecule has 3 heteroatoms. The number of esters is 1. The lowest BCUT2D eigenvalue weighted by Crippen LogP contribution is -2.46. The van der Waals surface area contributed by atoms with Gasteiger partial charge in [0.2, 0.25) is 0 Å². The highest BCUT2D eigenvalue weighted by molar-refractivity contribution is 5.75. The summed E-state index contributed by atoms with van der Waals surface area (Å²) in [6, 6.07) is 1.48. The van der Waals surface area contributed by atoms with E-state index in [1.165, 1.54) is 57.8 Å². The standard InChI is InChI=1S/C22H37NO2/c1-14-7-6-9-17(23(14)3)11-12-19-18-10-5-4-8-16(18)13-20-21(19)15(2)25-22(20)24/h14-21H,4-13H2,1-3H3/t14-,15+,16-,17+,18+,19-,20+,21-/m1/s1. The lowest BCUT2D eigenvalue weighted by molar-refractivity contribution is -0.144. The Labute approximate surface area is 153 Å². The molecule has 0 aromatic rings. The van der Waals surface area contributed by atoms with E-state index >= 15 is 0 Å². The third kappa shape index (κ3) is 3.26. The Bertz CT molecular complexity index is 492. The van der Waals surface area contributed by atoms with Crippen molar-refractivity contribution in [3.05, 3.63) is 0 Å². The molecule has 2 saturated carbocycles. The molecule has 0 radical (unpaired) electrons. The van der Waals surface area contributed by atoms with Crippen molar-refractivity contribution in [2.75, 3.05) is 7.05 Å². The van der Waals surface area contributed by atoms with Crippen LogP contribution in [0.5, 0.6) is 0 Å². The predicted molar refractivity (Wildman–Crippen MR) is 100 cm³/mol. The molecule has 0 unspecified atom stereocenters. The summed E-state index contributed by atoms with van der Waals surface area (Å²) in [7, 11) is 2.33. The second-order valence-corrected chi connectivity index (χ2v) is 9.61. The van der Waals surface area contributed by atoms with Crippen LogP contribution in [0.2, 0.25) is 0 Å². The third-order valence-corrected chi connectivity index (χ3v) is 8.44. The molecular formula is C22H37NO2.